The van der Waals surface area contributed by atoms with Gasteiger partial charge in [-0.2, -0.15) is 0 Å². The number of ether oxygens (including phenoxy) is 2. The van der Waals surface area contributed by atoms with E-state index in [1.807, 2.05) is 62.4 Å². The number of hydrogen-bond donors (Lipinski definition) is 1. The van der Waals surface area contributed by atoms with Crippen LogP contribution in [-0.4, -0.2) is 15.0 Å². The largest absolute Gasteiger partial charge is 0.460 e. The first-order chi connectivity index (χ1) is 12.1. The Balaban J connectivity index is 1.64. The molecule has 2 aromatic carbocycles. The Bertz CT molecular complexity index is 816. The zero-order valence-corrected chi connectivity index (χ0v) is 14.2. The fourth-order valence-corrected chi connectivity index (χ4v) is 2.15. The quantitative estimate of drug-likeness (QED) is 0.748. The molecule has 3 rings (SSSR count). The molecule has 0 unspecified atom stereocenters. The van der Waals surface area contributed by atoms with Crippen molar-refractivity contribution in [3.05, 3.63) is 81.3 Å². The fourth-order valence-electron chi connectivity index (χ4n) is 2.15. The molecule has 128 valence electrons. The first-order valence-electron chi connectivity index (χ1n) is 7.93. The Morgan fingerprint density at radius 3 is 1.88 bits per heavy atom. The van der Waals surface area contributed by atoms with E-state index in [0.29, 0.717) is 6.61 Å². The maximum Gasteiger partial charge on any atom is 0.353 e. The van der Waals surface area contributed by atoms with Crippen LogP contribution in [0.2, 0.25) is 0 Å². The molecule has 6 nitrogen and oxygen atoms in total. The second-order valence-corrected chi connectivity index (χ2v) is 5.79. The van der Waals surface area contributed by atoms with Crippen LogP contribution in [0.15, 0.2) is 53.3 Å². The molecule has 0 saturated carbocycles. The fraction of sp³-hybridized carbons (Fsp3) is 0.211. The van der Waals surface area contributed by atoms with Crippen LogP contribution in [0.1, 0.15) is 22.3 Å². The normalized spacial score (nSPS) is 10.5. The molecule has 6 heteroatoms. The molecule has 0 fully saturated rings. The summed E-state index contributed by atoms with van der Waals surface area (Å²) >= 11 is 0. The summed E-state index contributed by atoms with van der Waals surface area (Å²) in [4.78, 5) is 21.9. The number of aryl methyl sites for hydroxylation is 2. The number of aromatic amines is 1. The SMILES string of the molecule is Cc1ccc(COc2nc(OCc3ccc(C)cc3)[nH]c(=O)n2)cc1. The van der Waals surface area contributed by atoms with Gasteiger partial charge >= 0.3 is 17.7 Å². The summed E-state index contributed by atoms with van der Waals surface area (Å²) in [6, 6.07) is 15.9. The van der Waals surface area contributed by atoms with Crippen LogP contribution in [0.3, 0.4) is 0 Å². The lowest BCUT2D eigenvalue weighted by Gasteiger charge is -2.07. The van der Waals surface area contributed by atoms with Gasteiger partial charge in [0.1, 0.15) is 13.2 Å². The van der Waals surface area contributed by atoms with Gasteiger partial charge in [-0.1, -0.05) is 59.7 Å². The first kappa shape index (κ1) is 16.7. The molecular weight excluding hydrogens is 318 g/mol. The van der Waals surface area contributed by atoms with Gasteiger partial charge in [0.05, 0.1) is 0 Å². The van der Waals surface area contributed by atoms with Crippen LogP contribution >= 0.6 is 0 Å². The molecule has 0 saturated heterocycles. The number of benzene rings is 2. The van der Waals surface area contributed by atoms with Crippen molar-refractivity contribution in [2.24, 2.45) is 0 Å². The van der Waals surface area contributed by atoms with Crippen molar-refractivity contribution in [2.75, 3.05) is 0 Å². The van der Waals surface area contributed by atoms with Crippen LogP contribution in [0.4, 0.5) is 0 Å². The minimum Gasteiger partial charge on any atom is -0.460 e. The van der Waals surface area contributed by atoms with Gasteiger partial charge in [-0.25, -0.2) is 4.79 Å². The highest BCUT2D eigenvalue weighted by Gasteiger charge is 2.06. The monoisotopic (exact) mass is 337 g/mol. The highest BCUT2D eigenvalue weighted by Crippen LogP contribution is 2.11. The van der Waals surface area contributed by atoms with E-state index in [2.05, 4.69) is 15.0 Å². The van der Waals surface area contributed by atoms with Crippen molar-refractivity contribution in [2.45, 2.75) is 27.1 Å². The molecule has 1 heterocycles. The zero-order valence-electron chi connectivity index (χ0n) is 14.2. The zero-order chi connectivity index (χ0) is 17.6. The summed E-state index contributed by atoms with van der Waals surface area (Å²) in [6.45, 7) is 4.61. The van der Waals surface area contributed by atoms with E-state index in [0.717, 1.165) is 11.1 Å². The van der Waals surface area contributed by atoms with Crippen molar-refractivity contribution < 1.29 is 9.47 Å². The molecule has 25 heavy (non-hydrogen) atoms. The topological polar surface area (TPSA) is 77.1 Å². The van der Waals surface area contributed by atoms with Gasteiger partial charge in [0.25, 0.3) is 0 Å². The Morgan fingerprint density at radius 1 is 0.800 bits per heavy atom. The lowest BCUT2D eigenvalue weighted by Crippen LogP contribution is -2.16. The average Bonchev–Trinajstić information content (AvgIpc) is 2.60. The second kappa shape index (κ2) is 7.61. The van der Waals surface area contributed by atoms with Crippen LogP contribution in [0.25, 0.3) is 0 Å². The molecule has 0 bridgehead atoms. The molecule has 0 aliphatic carbocycles. The van der Waals surface area contributed by atoms with Gasteiger partial charge in [0.2, 0.25) is 0 Å². The van der Waals surface area contributed by atoms with Crippen LogP contribution < -0.4 is 15.2 Å². The Morgan fingerprint density at radius 2 is 1.32 bits per heavy atom. The standard InChI is InChI=1S/C19H19N3O3/c1-13-3-7-15(8-4-13)11-24-18-20-17(23)21-19(22-18)25-12-16-9-5-14(2)6-10-16/h3-10H,11-12H2,1-2H3,(H,20,21,22,23). The number of rotatable bonds is 6. The van der Waals surface area contributed by atoms with E-state index >= 15 is 0 Å². The molecule has 1 N–H and O–H groups in total. The highest BCUT2D eigenvalue weighted by molar-refractivity contribution is 5.22. The maximum absolute atomic E-state index is 11.7. The van der Waals surface area contributed by atoms with E-state index in [1.165, 1.54) is 11.1 Å². The van der Waals surface area contributed by atoms with E-state index < -0.39 is 5.69 Å². The third-order valence-electron chi connectivity index (χ3n) is 3.59. The summed E-state index contributed by atoms with van der Waals surface area (Å²) in [5, 5.41) is 0. The molecule has 0 spiro atoms. The minimum absolute atomic E-state index is 0.0109. The second-order valence-electron chi connectivity index (χ2n) is 5.79. The summed E-state index contributed by atoms with van der Waals surface area (Å²) in [5.41, 5.74) is 3.73. The molecule has 1 aromatic heterocycles. The van der Waals surface area contributed by atoms with E-state index in [4.69, 9.17) is 9.47 Å². The lowest BCUT2D eigenvalue weighted by atomic mass is 10.2. The number of H-pyrrole nitrogens is 1. The van der Waals surface area contributed by atoms with E-state index in [1.54, 1.807) is 0 Å². The summed E-state index contributed by atoms with van der Waals surface area (Å²) in [5.74, 6) is 0. The van der Waals surface area contributed by atoms with Gasteiger partial charge in [0, 0.05) is 0 Å². The summed E-state index contributed by atoms with van der Waals surface area (Å²) < 4.78 is 11.0. The smallest absolute Gasteiger partial charge is 0.353 e. The van der Waals surface area contributed by atoms with Crippen molar-refractivity contribution in [3.63, 3.8) is 0 Å². The van der Waals surface area contributed by atoms with Crippen molar-refractivity contribution in [3.8, 4) is 12.0 Å². The molecule has 0 amide bonds. The van der Waals surface area contributed by atoms with E-state index in [-0.39, 0.29) is 18.6 Å². The molecule has 0 atom stereocenters. The number of aromatic nitrogens is 3. The molecule has 0 aliphatic heterocycles. The molecule has 0 aliphatic rings. The van der Waals surface area contributed by atoms with E-state index in [9.17, 15) is 4.79 Å². The molecule has 0 radical (unpaired) electrons. The van der Waals surface area contributed by atoms with Gasteiger partial charge < -0.3 is 9.47 Å². The third-order valence-corrected chi connectivity index (χ3v) is 3.59. The minimum atomic E-state index is -0.562. The van der Waals surface area contributed by atoms with Gasteiger partial charge in [-0.15, -0.1) is 9.97 Å². The third kappa shape index (κ3) is 4.91. The Labute approximate surface area is 145 Å². The Kier molecular flexibility index (Phi) is 5.09. The van der Waals surface area contributed by atoms with Crippen LogP contribution in [0.5, 0.6) is 12.0 Å². The van der Waals surface area contributed by atoms with Gasteiger partial charge in [-0.05, 0) is 25.0 Å². The van der Waals surface area contributed by atoms with Crippen LogP contribution in [-0.2, 0) is 13.2 Å². The molecular formula is C19H19N3O3. The average molecular weight is 337 g/mol. The summed E-state index contributed by atoms with van der Waals surface area (Å²) in [7, 11) is 0. The Hall–Kier alpha value is -3.15. The first-order valence-corrected chi connectivity index (χ1v) is 7.93. The van der Waals surface area contributed by atoms with Crippen molar-refractivity contribution in [1.29, 1.82) is 0 Å². The predicted molar refractivity (Wildman–Crippen MR) is 93.7 cm³/mol. The number of nitrogens with one attached hydrogen (secondary N) is 1. The van der Waals surface area contributed by atoms with Gasteiger partial charge in [0.15, 0.2) is 0 Å². The lowest BCUT2D eigenvalue weighted by molar-refractivity contribution is 0.247. The van der Waals surface area contributed by atoms with Crippen molar-refractivity contribution >= 4 is 0 Å². The molecule has 3 aromatic rings. The van der Waals surface area contributed by atoms with Gasteiger partial charge in [-0.3, -0.25) is 4.98 Å². The predicted octanol–water partition coefficient (Wildman–Crippen LogP) is 2.94. The van der Waals surface area contributed by atoms with Crippen LogP contribution in [0, 0.1) is 13.8 Å². The van der Waals surface area contributed by atoms with Crippen molar-refractivity contribution in [1.82, 2.24) is 15.0 Å². The number of hydrogen-bond acceptors (Lipinski definition) is 5. The maximum atomic E-state index is 11.7. The highest BCUT2D eigenvalue weighted by atomic mass is 16.5. The number of nitrogens with zero attached hydrogens (tertiary/aromatic N) is 2. The summed E-state index contributed by atoms with van der Waals surface area (Å²) in [6.07, 6.45) is 0.